The monoisotopic (exact) mass is 501 g/mol. The molecular formula is C26H35N3O5S. The van der Waals surface area contributed by atoms with Gasteiger partial charge in [-0.3, -0.25) is 13.9 Å². The quantitative estimate of drug-likeness (QED) is 0.511. The van der Waals surface area contributed by atoms with E-state index in [0.717, 1.165) is 41.8 Å². The first-order valence-electron chi connectivity index (χ1n) is 11.9. The van der Waals surface area contributed by atoms with Gasteiger partial charge in [-0.05, 0) is 56.0 Å². The summed E-state index contributed by atoms with van der Waals surface area (Å²) in [5, 5.41) is 3.06. The van der Waals surface area contributed by atoms with E-state index in [2.05, 4.69) is 5.32 Å². The third-order valence-corrected chi connectivity index (χ3v) is 7.53. The Morgan fingerprint density at radius 3 is 2.26 bits per heavy atom. The van der Waals surface area contributed by atoms with E-state index in [0.29, 0.717) is 24.4 Å². The highest BCUT2D eigenvalue weighted by atomic mass is 32.2. The molecule has 1 fully saturated rings. The molecule has 0 bridgehead atoms. The largest absolute Gasteiger partial charge is 0.497 e. The average molecular weight is 502 g/mol. The summed E-state index contributed by atoms with van der Waals surface area (Å²) in [7, 11) is -2.23. The molecule has 1 N–H and O–H groups in total. The summed E-state index contributed by atoms with van der Waals surface area (Å²) >= 11 is 0. The molecule has 2 amide bonds. The maximum Gasteiger partial charge on any atom is 0.244 e. The zero-order chi connectivity index (χ0) is 25.4. The van der Waals surface area contributed by atoms with E-state index in [1.54, 1.807) is 31.2 Å². The minimum Gasteiger partial charge on any atom is -0.497 e. The third-order valence-electron chi connectivity index (χ3n) is 6.39. The van der Waals surface area contributed by atoms with Gasteiger partial charge in [0.25, 0.3) is 0 Å². The van der Waals surface area contributed by atoms with Crippen LogP contribution in [0.1, 0.15) is 38.2 Å². The number of ether oxygens (including phenoxy) is 1. The Hall–Kier alpha value is -3.07. The number of sulfonamides is 1. The van der Waals surface area contributed by atoms with Crippen LogP contribution in [0.2, 0.25) is 0 Å². The number of benzene rings is 2. The number of methoxy groups -OCH3 is 1. The van der Waals surface area contributed by atoms with E-state index in [4.69, 9.17) is 4.74 Å². The molecule has 35 heavy (non-hydrogen) atoms. The minimum absolute atomic E-state index is 0.128. The highest BCUT2D eigenvalue weighted by Crippen LogP contribution is 2.22. The van der Waals surface area contributed by atoms with Gasteiger partial charge < -0.3 is 15.0 Å². The van der Waals surface area contributed by atoms with E-state index in [1.165, 1.54) is 12.0 Å². The number of amides is 2. The Balaban J connectivity index is 1.81. The van der Waals surface area contributed by atoms with Crippen molar-refractivity contribution in [1.82, 2.24) is 10.2 Å². The van der Waals surface area contributed by atoms with E-state index < -0.39 is 28.5 Å². The van der Waals surface area contributed by atoms with Crippen LogP contribution in [0, 0.1) is 0 Å². The number of hydrogen-bond donors (Lipinski definition) is 1. The molecule has 8 nitrogen and oxygen atoms in total. The van der Waals surface area contributed by atoms with Crippen LogP contribution in [0.15, 0.2) is 54.6 Å². The molecule has 0 unspecified atom stereocenters. The summed E-state index contributed by atoms with van der Waals surface area (Å²) in [6, 6.07) is 15.6. The molecule has 3 rings (SSSR count). The van der Waals surface area contributed by atoms with Crippen LogP contribution in [0.4, 0.5) is 5.69 Å². The van der Waals surface area contributed by atoms with Crippen LogP contribution >= 0.6 is 0 Å². The molecule has 0 spiro atoms. The number of carbonyl (C=O) groups is 2. The molecule has 0 radical (unpaired) electrons. The SMILES string of the molecule is COc1ccc(N(CC(=O)N(CCc2ccccc2)[C@@H](C)C(=O)NC2CCCC2)S(C)(=O)=O)cc1. The van der Waals surface area contributed by atoms with Crippen molar-refractivity contribution in [2.75, 3.05) is 30.8 Å². The summed E-state index contributed by atoms with van der Waals surface area (Å²) in [4.78, 5) is 28.0. The lowest BCUT2D eigenvalue weighted by molar-refractivity contribution is -0.139. The average Bonchev–Trinajstić information content (AvgIpc) is 3.35. The third kappa shape index (κ3) is 7.45. The fourth-order valence-electron chi connectivity index (χ4n) is 4.32. The first-order valence-corrected chi connectivity index (χ1v) is 13.8. The maximum atomic E-state index is 13.5. The minimum atomic E-state index is -3.75. The smallest absolute Gasteiger partial charge is 0.244 e. The topological polar surface area (TPSA) is 96.0 Å². The molecule has 9 heteroatoms. The van der Waals surface area contributed by atoms with Crippen LogP contribution in [0.5, 0.6) is 5.75 Å². The van der Waals surface area contributed by atoms with Crippen molar-refractivity contribution in [3.8, 4) is 5.75 Å². The van der Waals surface area contributed by atoms with E-state index >= 15 is 0 Å². The van der Waals surface area contributed by atoms with Crippen LogP contribution in [0.25, 0.3) is 0 Å². The van der Waals surface area contributed by atoms with Crippen molar-refractivity contribution in [3.05, 3.63) is 60.2 Å². The molecule has 2 aromatic rings. The van der Waals surface area contributed by atoms with Gasteiger partial charge in [0.05, 0.1) is 19.1 Å². The summed E-state index contributed by atoms with van der Waals surface area (Å²) in [5.41, 5.74) is 1.39. The van der Waals surface area contributed by atoms with Crippen LogP contribution < -0.4 is 14.4 Å². The van der Waals surface area contributed by atoms with Crippen LogP contribution in [0.3, 0.4) is 0 Å². The molecule has 0 saturated heterocycles. The van der Waals surface area contributed by atoms with Gasteiger partial charge in [-0.15, -0.1) is 0 Å². The van der Waals surface area contributed by atoms with Gasteiger partial charge in [-0.2, -0.15) is 0 Å². The Bertz CT molecular complexity index is 1080. The van der Waals surface area contributed by atoms with Crippen molar-refractivity contribution >= 4 is 27.5 Å². The summed E-state index contributed by atoms with van der Waals surface area (Å²) in [6.07, 6.45) is 5.66. The van der Waals surface area contributed by atoms with Gasteiger partial charge in [0.2, 0.25) is 21.8 Å². The standard InChI is InChI=1S/C26H35N3O5S/c1-20(26(31)27-22-11-7-8-12-22)28(18-17-21-9-5-4-6-10-21)25(30)19-29(35(3,32)33)23-13-15-24(34-2)16-14-23/h4-6,9-10,13-16,20,22H,7-8,11-12,17-19H2,1-3H3,(H,27,31)/t20-/m0/s1. The number of nitrogens with one attached hydrogen (secondary N) is 1. The van der Waals surface area contributed by atoms with Gasteiger partial charge in [-0.1, -0.05) is 43.2 Å². The summed E-state index contributed by atoms with van der Waals surface area (Å²) in [6.45, 7) is 1.59. The van der Waals surface area contributed by atoms with Gasteiger partial charge >= 0.3 is 0 Å². The predicted octanol–water partition coefficient (Wildman–Crippen LogP) is 2.98. The van der Waals surface area contributed by atoms with Gasteiger partial charge in [-0.25, -0.2) is 8.42 Å². The van der Waals surface area contributed by atoms with Crippen molar-refractivity contribution in [2.24, 2.45) is 0 Å². The van der Waals surface area contributed by atoms with Crippen molar-refractivity contribution in [3.63, 3.8) is 0 Å². The molecule has 0 aromatic heterocycles. The zero-order valence-corrected chi connectivity index (χ0v) is 21.5. The highest BCUT2D eigenvalue weighted by molar-refractivity contribution is 7.92. The molecule has 190 valence electrons. The molecule has 1 saturated carbocycles. The van der Waals surface area contributed by atoms with Crippen molar-refractivity contribution in [2.45, 2.75) is 51.1 Å². The van der Waals surface area contributed by atoms with Gasteiger partial charge in [0, 0.05) is 12.6 Å². The number of carbonyl (C=O) groups excluding carboxylic acids is 2. The second kappa shape index (κ2) is 12.1. The number of hydrogen-bond acceptors (Lipinski definition) is 5. The van der Waals surface area contributed by atoms with E-state index in [1.807, 2.05) is 30.3 Å². The Morgan fingerprint density at radius 1 is 1.06 bits per heavy atom. The fraction of sp³-hybridized carbons (Fsp3) is 0.462. The van der Waals surface area contributed by atoms with Crippen LogP contribution in [-0.4, -0.2) is 63.7 Å². The second-order valence-corrected chi connectivity index (χ2v) is 10.9. The Morgan fingerprint density at radius 2 is 1.69 bits per heavy atom. The molecule has 1 aliphatic rings. The van der Waals surface area contributed by atoms with E-state index in [-0.39, 0.29) is 11.9 Å². The van der Waals surface area contributed by atoms with E-state index in [9.17, 15) is 18.0 Å². The lowest BCUT2D eigenvalue weighted by atomic mass is 10.1. The molecule has 1 aliphatic carbocycles. The highest BCUT2D eigenvalue weighted by Gasteiger charge is 2.31. The van der Waals surface area contributed by atoms with Crippen LogP contribution in [-0.2, 0) is 26.0 Å². The number of nitrogens with zero attached hydrogens (tertiary/aromatic N) is 2. The second-order valence-electron chi connectivity index (χ2n) is 8.96. The molecular weight excluding hydrogens is 466 g/mol. The number of rotatable bonds is 11. The van der Waals surface area contributed by atoms with Gasteiger partial charge in [0.15, 0.2) is 0 Å². The molecule has 0 heterocycles. The molecule has 0 aliphatic heterocycles. The zero-order valence-electron chi connectivity index (χ0n) is 20.6. The summed E-state index contributed by atoms with van der Waals surface area (Å²) in [5.74, 6) is -0.0693. The fourth-order valence-corrected chi connectivity index (χ4v) is 5.17. The summed E-state index contributed by atoms with van der Waals surface area (Å²) < 4.78 is 31.4. The maximum absolute atomic E-state index is 13.5. The predicted molar refractivity (Wildman–Crippen MR) is 137 cm³/mol. The Kier molecular flexibility index (Phi) is 9.14. The normalized spacial score (nSPS) is 14.8. The Labute approximate surface area is 208 Å². The van der Waals surface area contributed by atoms with Gasteiger partial charge in [0.1, 0.15) is 18.3 Å². The first-order chi connectivity index (χ1) is 16.7. The lowest BCUT2D eigenvalue weighted by Gasteiger charge is -2.32. The number of anilines is 1. The van der Waals surface area contributed by atoms with Crippen molar-refractivity contribution < 1.29 is 22.7 Å². The lowest BCUT2D eigenvalue weighted by Crippen LogP contribution is -2.53. The first kappa shape index (κ1) is 26.5. The van der Waals surface area contributed by atoms with Crippen molar-refractivity contribution in [1.29, 1.82) is 0 Å². The molecule has 2 aromatic carbocycles. The molecule has 1 atom stereocenters.